The number of aromatic nitrogens is 5. The molecule has 0 aliphatic heterocycles. The summed E-state index contributed by atoms with van der Waals surface area (Å²) in [5.74, 6) is 0.0952. The standard InChI is InChI=1S/C21H19ClFN5/c1-2-3-5-10-15-18(14-8-6-4-7-9-14)21(28-25-13-24-27-28)26-17-12-11-16(22)20(23)19(15)17/h4,6-9,11-13H,2-3,5,10H2,1H3. The largest absolute Gasteiger partial charge is 0.226 e. The Bertz CT molecular complexity index is 1100. The average molecular weight is 396 g/mol. The molecule has 142 valence electrons. The minimum atomic E-state index is -0.437. The fourth-order valence-corrected chi connectivity index (χ4v) is 3.63. The molecule has 0 spiro atoms. The van der Waals surface area contributed by atoms with Gasteiger partial charge in [0.25, 0.3) is 0 Å². The summed E-state index contributed by atoms with van der Waals surface area (Å²) in [4.78, 5) is 6.07. The minimum Gasteiger partial charge on any atom is -0.226 e. The molecule has 0 amide bonds. The third kappa shape index (κ3) is 3.36. The molecule has 5 nitrogen and oxygen atoms in total. The molecule has 0 saturated heterocycles. The van der Waals surface area contributed by atoms with Crippen LogP contribution in [0.3, 0.4) is 0 Å². The van der Waals surface area contributed by atoms with Crippen LogP contribution in [0.1, 0.15) is 31.7 Å². The quantitative estimate of drug-likeness (QED) is 0.410. The van der Waals surface area contributed by atoms with Gasteiger partial charge < -0.3 is 0 Å². The molecule has 2 heterocycles. The number of tetrazole rings is 1. The van der Waals surface area contributed by atoms with Crippen molar-refractivity contribution in [1.29, 1.82) is 0 Å². The fourth-order valence-electron chi connectivity index (χ4n) is 3.47. The molecular weight excluding hydrogens is 377 g/mol. The number of benzene rings is 2. The smallest absolute Gasteiger partial charge is 0.184 e. The molecule has 7 heteroatoms. The summed E-state index contributed by atoms with van der Waals surface area (Å²) < 4.78 is 15.1. The van der Waals surface area contributed by atoms with Gasteiger partial charge >= 0.3 is 0 Å². The predicted molar refractivity (Wildman–Crippen MR) is 108 cm³/mol. The first kappa shape index (κ1) is 18.5. The van der Waals surface area contributed by atoms with E-state index < -0.39 is 5.82 Å². The number of hydrogen-bond acceptors (Lipinski definition) is 4. The van der Waals surface area contributed by atoms with Crippen molar-refractivity contribution in [3.8, 4) is 16.9 Å². The van der Waals surface area contributed by atoms with Crippen LogP contribution >= 0.6 is 11.6 Å². The lowest BCUT2D eigenvalue weighted by Crippen LogP contribution is -2.09. The first-order valence-corrected chi connectivity index (χ1v) is 9.68. The zero-order chi connectivity index (χ0) is 19.5. The number of nitrogens with zero attached hydrogens (tertiary/aromatic N) is 5. The molecule has 28 heavy (non-hydrogen) atoms. The van der Waals surface area contributed by atoms with Gasteiger partial charge in [0.05, 0.1) is 10.5 Å². The molecule has 0 unspecified atom stereocenters. The van der Waals surface area contributed by atoms with Gasteiger partial charge in [-0.25, -0.2) is 9.37 Å². The second kappa shape index (κ2) is 8.02. The lowest BCUT2D eigenvalue weighted by atomic mass is 9.92. The molecule has 0 radical (unpaired) electrons. The van der Waals surface area contributed by atoms with E-state index in [-0.39, 0.29) is 5.02 Å². The summed E-state index contributed by atoms with van der Waals surface area (Å²) in [6.45, 7) is 2.14. The van der Waals surface area contributed by atoms with Crippen LogP contribution in [0.4, 0.5) is 4.39 Å². The highest BCUT2D eigenvalue weighted by Gasteiger charge is 2.22. The molecule has 0 atom stereocenters. The third-order valence-corrected chi connectivity index (χ3v) is 5.05. The topological polar surface area (TPSA) is 56.5 Å². The van der Waals surface area contributed by atoms with Gasteiger partial charge in [0, 0.05) is 10.9 Å². The highest BCUT2D eigenvalue weighted by Crippen LogP contribution is 2.37. The van der Waals surface area contributed by atoms with E-state index in [1.54, 1.807) is 6.07 Å². The van der Waals surface area contributed by atoms with E-state index in [0.717, 1.165) is 36.0 Å². The molecule has 2 aromatic carbocycles. The average Bonchev–Trinajstić information content (AvgIpc) is 3.26. The molecular formula is C21H19ClFN5. The molecule has 2 aromatic heterocycles. The van der Waals surface area contributed by atoms with Crippen molar-refractivity contribution in [2.45, 2.75) is 32.6 Å². The Balaban J connectivity index is 2.09. The summed E-state index contributed by atoms with van der Waals surface area (Å²) in [6, 6.07) is 13.1. The summed E-state index contributed by atoms with van der Waals surface area (Å²) >= 11 is 6.12. The lowest BCUT2D eigenvalue weighted by Gasteiger charge is -2.17. The van der Waals surface area contributed by atoms with Gasteiger partial charge in [-0.2, -0.15) is 0 Å². The minimum absolute atomic E-state index is 0.0942. The lowest BCUT2D eigenvalue weighted by molar-refractivity contribution is 0.636. The van der Waals surface area contributed by atoms with Gasteiger partial charge in [0.15, 0.2) is 18.0 Å². The molecule has 0 bridgehead atoms. The van der Waals surface area contributed by atoms with Crippen LogP contribution in [-0.2, 0) is 6.42 Å². The van der Waals surface area contributed by atoms with Gasteiger partial charge in [0.2, 0.25) is 0 Å². The normalized spacial score (nSPS) is 11.2. The van der Waals surface area contributed by atoms with Crippen molar-refractivity contribution in [3.63, 3.8) is 0 Å². The number of halogens is 2. The Morgan fingerprint density at radius 2 is 1.89 bits per heavy atom. The van der Waals surface area contributed by atoms with Crippen LogP contribution in [0.5, 0.6) is 0 Å². The van der Waals surface area contributed by atoms with Crippen molar-refractivity contribution in [2.75, 3.05) is 0 Å². The molecule has 0 aliphatic carbocycles. The number of rotatable bonds is 6. The van der Waals surface area contributed by atoms with E-state index in [4.69, 9.17) is 11.6 Å². The third-order valence-electron chi connectivity index (χ3n) is 4.76. The molecule has 4 aromatic rings. The van der Waals surface area contributed by atoms with Crippen LogP contribution in [-0.4, -0.2) is 25.2 Å². The maximum Gasteiger partial charge on any atom is 0.184 e. The van der Waals surface area contributed by atoms with Crippen LogP contribution in [0.2, 0.25) is 5.02 Å². The van der Waals surface area contributed by atoms with E-state index in [0.29, 0.717) is 23.1 Å². The van der Waals surface area contributed by atoms with E-state index >= 15 is 4.39 Å². The Hall–Kier alpha value is -2.86. The number of unbranched alkanes of at least 4 members (excludes halogenated alkanes) is 2. The predicted octanol–water partition coefficient (Wildman–Crippen LogP) is 5.40. The highest BCUT2D eigenvalue weighted by atomic mass is 35.5. The number of hydrogen-bond donors (Lipinski definition) is 0. The van der Waals surface area contributed by atoms with E-state index in [1.807, 2.05) is 30.3 Å². The van der Waals surface area contributed by atoms with Gasteiger partial charge in [-0.1, -0.05) is 61.7 Å². The second-order valence-electron chi connectivity index (χ2n) is 6.59. The van der Waals surface area contributed by atoms with Crippen molar-refractivity contribution < 1.29 is 4.39 Å². The molecule has 0 aliphatic rings. The van der Waals surface area contributed by atoms with Gasteiger partial charge in [-0.05, 0) is 41.3 Å². The Morgan fingerprint density at radius 1 is 1.07 bits per heavy atom. The van der Waals surface area contributed by atoms with Gasteiger partial charge in [-0.3, -0.25) is 0 Å². The molecule has 4 rings (SSSR count). The Kier molecular flexibility index (Phi) is 5.30. The fraction of sp³-hybridized carbons (Fsp3) is 0.238. The van der Waals surface area contributed by atoms with Crippen molar-refractivity contribution in [2.24, 2.45) is 0 Å². The number of fused-ring (bicyclic) bond motifs is 1. The molecule has 0 saturated carbocycles. The van der Waals surface area contributed by atoms with Gasteiger partial charge in [0.1, 0.15) is 0 Å². The molecule has 0 N–H and O–H groups in total. The SMILES string of the molecule is CCCCCc1c(-c2ccccc2)c(-n2ncnn2)nc2ccc(Cl)c(F)c12. The first-order valence-electron chi connectivity index (χ1n) is 9.30. The maximum atomic E-state index is 15.1. The van der Waals surface area contributed by atoms with Crippen LogP contribution < -0.4 is 0 Å². The number of pyridine rings is 1. The van der Waals surface area contributed by atoms with Crippen LogP contribution in [0.25, 0.3) is 27.8 Å². The summed E-state index contributed by atoms with van der Waals surface area (Å²) in [6.07, 6.45) is 5.13. The highest BCUT2D eigenvalue weighted by molar-refractivity contribution is 6.31. The van der Waals surface area contributed by atoms with E-state index in [2.05, 4.69) is 27.3 Å². The molecule has 0 fully saturated rings. The van der Waals surface area contributed by atoms with Crippen LogP contribution in [0, 0.1) is 5.82 Å². The summed E-state index contributed by atoms with van der Waals surface area (Å²) in [5.41, 5.74) is 3.13. The summed E-state index contributed by atoms with van der Waals surface area (Å²) in [5, 5.41) is 12.6. The zero-order valence-electron chi connectivity index (χ0n) is 15.4. The zero-order valence-corrected chi connectivity index (χ0v) is 16.2. The maximum absolute atomic E-state index is 15.1. The number of aryl methyl sites for hydroxylation is 1. The van der Waals surface area contributed by atoms with Crippen molar-refractivity contribution in [3.05, 3.63) is 65.2 Å². The van der Waals surface area contributed by atoms with Crippen molar-refractivity contribution in [1.82, 2.24) is 25.2 Å². The van der Waals surface area contributed by atoms with E-state index in [1.165, 1.54) is 17.2 Å². The van der Waals surface area contributed by atoms with Gasteiger partial charge in [-0.15, -0.1) is 15.0 Å². The Labute approximate surface area is 167 Å². The van der Waals surface area contributed by atoms with E-state index in [9.17, 15) is 0 Å². The monoisotopic (exact) mass is 395 g/mol. The summed E-state index contributed by atoms with van der Waals surface area (Å²) in [7, 11) is 0. The first-order chi connectivity index (χ1) is 13.7. The Morgan fingerprint density at radius 3 is 2.61 bits per heavy atom. The second-order valence-corrected chi connectivity index (χ2v) is 7.00. The van der Waals surface area contributed by atoms with Crippen LogP contribution in [0.15, 0.2) is 48.8 Å². The van der Waals surface area contributed by atoms with Crippen molar-refractivity contribution >= 4 is 22.5 Å².